The molecule has 2 N–H and O–H groups in total. The third-order valence-corrected chi connectivity index (χ3v) is 5.53. The zero-order valence-electron chi connectivity index (χ0n) is 20.7. The van der Waals surface area contributed by atoms with Crippen LogP contribution in [0.25, 0.3) is 16.8 Å². The first-order valence-electron chi connectivity index (χ1n) is 11.6. The molecule has 0 radical (unpaired) electrons. The molecule has 7 nitrogen and oxygen atoms in total. The summed E-state index contributed by atoms with van der Waals surface area (Å²) in [5, 5.41) is 22.0. The van der Waals surface area contributed by atoms with Crippen molar-refractivity contribution >= 4 is 11.5 Å². The molecular formula is C28H32N4O3. The standard InChI is InChI=1S/C28H32N4O3/c1-18(2)27-31-25(17-32(27)5)21-8-6-20(7-9-21)14-24(12-13-33)30-28(34)22-10-11-26(35-19(3)4)23(15-22)16-29/h6-11,15,17,19,24,33H,1,12-14H2,2-5H3,(H,30,34). The number of rotatable bonds is 10. The highest BCUT2D eigenvalue weighted by atomic mass is 16.5. The molecule has 182 valence electrons. The van der Waals surface area contributed by atoms with E-state index in [1.807, 2.05) is 62.8 Å². The Balaban J connectivity index is 1.71. The predicted octanol–water partition coefficient (Wildman–Crippen LogP) is 4.50. The molecule has 2 aromatic carbocycles. The van der Waals surface area contributed by atoms with Gasteiger partial charge in [-0.1, -0.05) is 30.8 Å². The van der Waals surface area contributed by atoms with Crippen molar-refractivity contribution in [2.45, 2.75) is 45.8 Å². The number of ether oxygens (including phenoxy) is 1. The van der Waals surface area contributed by atoms with Crippen molar-refractivity contribution in [2.75, 3.05) is 6.61 Å². The number of hydrogen-bond acceptors (Lipinski definition) is 5. The van der Waals surface area contributed by atoms with Crippen LogP contribution >= 0.6 is 0 Å². The minimum absolute atomic E-state index is 0.0503. The molecule has 1 atom stereocenters. The van der Waals surface area contributed by atoms with Crippen LogP contribution in [0, 0.1) is 11.3 Å². The van der Waals surface area contributed by atoms with Gasteiger partial charge in [0.05, 0.1) is 17.4 Å². The number of nitrogens with one attached hydrogen (secondary N) is 1. The van der Waals surface area contributed by atoms with Gasteiger partial charge in [0.1, 0.15) is 17.6 Å². The molecule has 1 aromatic heterocycles. The number of hydrogen-bond donors (Lipinski definition) is 2. The van der Waals surface area contributed by atoms with Crippen LogP contribution < -0.4 is 10.1 Å². The van der Waals surface area contributed by atoms with E-state index in [1.54, 1.807) is 12.1 Å². The Morgan fingerprint density at radius 2 is 1.97 bits per heavy atom. The number of aliphatic hydroxyl groups is 1. The van der Waals surface area contributed by atoms with Crippen molar-refractivity contribution in [2.24, 2.45) is 7.05 Å². The lowest BCUT2D eigenvalue weighted by atomic mass is 10.0. The number of aromatic nitrogens is 2. The highest BCUT2D eigenvalue weighted by Crippen LogP contribution is 2.23. The average Bonchev–Trinajstić information content (AvgIpc) is 3.21. The van der Waals surface area contributed by atoms with Crippen LogP contribution in [0.2, 0.25) is 0 Å². The van der Waals surface area contributed by atoms with Gasteiger partial charge in [-0.25, -0.2) is 4.98 Å². The van der Waals surface area contributed by atoms with Gasteiger partial charge in [0.25, 0.3) is 5.91 Å². The second-order valence-corrected chi connectivity index (χ2v) is 8.91. The van der Waals surface area contributed by atoms with Crippen LogP contribution in [0.5, 0.6) is 5.75 Å². The van der Waals surface area contributed by atoms with Crippen LogP contribution in [-0.2, 0) is 13.5 Å². The van der Waals surface area contributed by atoms with Crippen LogP contribution in [0.3, 0.4) is 0 Å². The monoisotopic (exact) mass is 472 g/mol. The maximum atomic E-state index is 12.9. The Morgan fingerprint density at radius 1 is 1.26 bits per heavy atom. The van der Waals surface area contributed by atoms with E-state index >= 15 is 0 Å². The van der Waals surface area contributed by atoms with E-state index in [9.17, 15) is 15.2 Å². The quantitative estimate of drug-likeness (QED) is 0.452. The molecule has 1 heterocycles. The lowest BCUT2D eigenvalue weighted by molar-refractivity contribution is 0.0930. The van der Waals surface area contributed by atoms with Crippen molar-refractivity contribution in [1.29, 1.82) is 5.26 Å². The molecule has 1 amide bonds. The number of amides is 1. The van der Waals surface area contributed by atoms with E-state index < -0.39 is 0 Å². The Morgan fingerprint density at radius 3 is 2.54 bits per heavy atom. The minimum Gasteiger partial charge on any atom is -0.490 e. The summed E-state index contributed by atoms with van der Waals surface area (Å²) in [6.07, 6.45) is 2.87. The predicted molar refractivity (Wildman–Crippen MR) is 137 cm³/mol. The fraction of sp³-hybridized carbons (Fsp3) is 0.321. The smallest absolute Gasteiger partial charge is 0.251 e. The molecule has 1 unspecified atom stereocenters. The topological polar surface area (TPSA) is 100 Å². The lowest BCUT2D eigenvalue weighted by Crippen LogP contribution is -2.37. The van der Waals surface area contributed by atoms with E-state index in [1.165, 1.54) is 6.07 Å². The molecule has 0 spiro atoms. The molecule has 0 saturated carbocycles. The number of nitriles is 1. The largest absolute Gasteiger partial charge is 0.490 e. The summed E-state index contributed by atoms with van der Waals surface area (Å²) in [5.41, 5.74) is 4.48. The van der Waals surface area contributed by atoms with Crippen molar-refractivity contribution in [1.82, 2.24) is 14.9 Å². The summed E-state index contributed by atoms with van der Waals surface area (Å²) in [6, 6.07) is 14.7. The summed E-state index contributed by atoms with van der Waals surface area (Å²) in [6.45, 7) is 9.60. The molecule has 0 saturated heterocycles. The van der Waals surface area contributed by atoms with Gasteiger partial charge in [-0.2, -0.15) is 5.26 Å². The summed E-state index contributed by atoms with van der Waals surface area (Å²) in [7, 11) is 1.95. The molecule has 7 heteroatoms. The SMILES string of the molecule is C=C(C)c1nc(-c2ccc(CC(CCO)NC(=O)c3ccc(OC(C)C)c(C#N)c3)cc2)cn1C. The number of carbonyl (C=O) groups excluding carboxylic acids is 1. The maximum absolute atomic E-state index is 12.9. The van der Waals surface area contributed by atoms with Crippen LogP contribution in [0.1, 0.15) is 54.5 Å². The van der Waals surface area contributed by atoms with E-state index in [4.69, 9.17) is 4.74 Å². The van der Waals surface area contributed by atoms with Gasteiger partial charge in [0.15, 0.2) is 0 Å². The summed E-state index contributed by atoms with van der Waals surface area (Å²) in [5.74, 6) is 1.00. The third-order valence-electron chi connectivity index (χ3n) is 5.53. The first-order chi connectivity index (χ1) is 16.7. The maximum Gasteiger partial charge on any atom is 0.251 e. The van der Waals surface area contributed by atoms with Crippen LogP contribution in [0.15, 0.2) is 55.2 Å². The Hall–Kier alpha value is -3.89. The lowest BCUT2D eigenvalue weighted by Gasteiger charge is -2.19. The van der Waals surface area contributed by atoms with E-state index in [0.717, 1.165) is 28.2 Å². The molecule has 3 rings (SSSR count). The number of carbonyl (C=O) groups is 1. The molecule has 0 bridgehead atoms. The number of imidazole rings is 1. The fourth-order valence-electron chi connectivity index (χ4n) is 3.86. The zero-order chi connectivity index (χ0) is 25.5. The van der Waals surface area contributed by atoms with Gasteiger partial charge < -0.3 is 19.7 Å². The van der Waals surface area contributed by atoms with Gasteiger partial charge >= 0.3 is 0 Å². The van der Waals surface area contributed by atoms with Crippen molar-refractivity contribution < 1.29 is 14.6 Å². The fourth-order valence-corrected chi connectivity index (χ4v) is 3.86. The Labute approximate surface area is 206 Å². The van der Waals surface area contributed by atoms with Gasteiger partial charge in [-0.15, -0.1) is 0 Å². The Bertz CT molecular complexity index is 1240. The zero-order valence-corrected chi connectivity index (χ0v) is 20.7. The molecule has 0 aliphatic rings. The Kier molecular flexibility index (Phi) is 8.45. The number of benzene rings is 2. The number of aliphatic hydroxyl groups excluding tert-OH is 1. The first kappa shape index (κ1) is 25.7. The first-order valence-corrected chi connectivity index (χ1v) is 11.6. The van der Waals surface area contributed by atoms with Crippen LogP contribution in [-0.4, -0.2) is 39.3 Å². The second kappa shape index (κ2) is 11.5. The minimum atomic E-state index is -0.298. The van der Waals surface area contributed by atoms with Crippen molar-refractivity contribution in [3.63, 3.8) is 0 Å². The van der Waals surface area contributed by atoms with Gasteiger partial charge in [0.2, 0.25) is 0 Å². The molecular weight excluding hydrogens is 440 g/mol. The summed E-state index contributed by atoms with van der Waals surface area (Å²) >= 11 is 0. The average molecular weight is 473 g/mol. The summed E-state index contributed by atoms with van der Waals surface area (Å²) < 4.78 is 7.59. The second-order valence-electron chi connectivity index (χ2n) is 8.91. The summed E-state index contributed by atoms with van der Waals surface area (Å²) in [4.78, 5) is 17.5. The molecule has 0 fully saturated rings. The normalized spacial score (nSPS) is 11.7. The van der Waals surface area contributed by atoms with Gasteiger partial charge in [0, 0.05) is 37.0 Å². The molecule has 0 aliphatic carbocycles. The van der Waals surface area contributed by atoms with Gasteiger partial charge in [-0.05, 0) is 62.9 Å². The highest BCUT2D eigenvalue weighted by molar-refractivity contribution is 5.95. The van der Waals surface area contributed by atoms with Gasteiger partial charge in [-0.3, -0.25) is 4.79 Å². The van der Waals surface area contributed by atoms with E-state index in [2.05, 4.69) is 22.9 Å². The van der Waals surface area contributed by atoms with E-state index in [-0.39, 0.29) is 24.7 Å². The van der Waals surface area contributed by atoms with Crippen molar-refractivity contribution in [3.8, 4) is 23.1 Å². The highest BCUT2D eigenvalue weighted by Gasteiger charge is 2.17. The number of aryl methyl sites for hydroxylation is 1. The molecule has 35 heavy (non-hydrogen) atoms. The third kappa shape index (κ3) is 6.58. The molecule has 0 aliphatic heterocycles. The van der Waals surface area contributed by atoms with Crippen LogP contribution in [0.4, 0.5) is 0 Å². The molecule has 3 aromatic rings. The van der Waals surface area contributed by atoms with E-state index in [0.29, 0.717) is 29.7 Å². The number of allylic oxidation sites excluding steroid dienone is 1. The number of nitrogens with zero attached hydrogens (tertiary/aromatic N) is 3. The van der Waals surface area contributed by atoms with Crippen molar-refractivity contribution in [3.05, 3.63) is 77.8 Å².